The van der Waals surface area contributed by atoms with Gasteiger partial charge in [0.2, 0.25) is 0 Å². The monoisotopic (exact) mass is 234 g/mol. The number of Topliss-reactive ketones (excluding diaryl/α,β-unsaturated/α-hetero) is 1. The van der Waals surface area contributed by atoms with Crippen molar-refractivity contribution < 1.29 is 14.6 Å². The van der Waals surface area contributed by atoms with Gasteiger partial charge in [0, 0.05) is 6.42 Å². The number of nitrogens with zero attached hydrogens (tertiary/aromatic N) is 2. The molecule has 0 atom stereocenters. The lowest BCUT2D eigenvalue weighted by atomic mass is 10.2. The number of allylic oxidation sites excluding steroid dienone is 1. The van der Waals surface area contributed by atoms with E-state index in [1.807, 2.05) is 0 Å². The molecule has 0 saturated carbocycles. The molecular weight excluding hydrogens is 220 g/mol. The SMILES string of the molecule is CCC(=O)/C(=C/O)N=Nc1ccc(OC)cc1. The van der Waals surface area contributed by atoms with E-state index in [0.717, 1.165) is 0 Å². The standard InChI is InChI=1S/C12H14N2O3/c1-3-12(16)11(8-15)14-13-9-4-6-10(17-2)7-5-9/h4-8,15H,3H2,1-2H3/b11-8-,14-13?. The summed E-state index contributed by atoms with van der Waals surface area (Å²) in [6, 6.07) is 6.87. The fourth-order valence-electron chi connectivity index (χ4n) is 1.10. The molecule has 90 valence electrons. The van der Waals surface area contributed by atoms with Gasteiger partial charge in [-0.2, -0.15) is 5.11 Å². The number of rotatable bonds is 5. The molecule has 0 unspecified atom stereocenters. The first-order chi connectivity index (χ1) is 8.21. The first-order valence-corrected chi connectivity index (χ1v) is 5.14. The van der Waals surface area contributed by atoms with Crippen LogP contribution in [0.3, 0.4) is 0 Å². The first-order valence-electron chi connectivity index (χ1n) is 5.14. The van der Waals surface area contributed by atoms with Crippen LogP contribution in [0.4, 0.5) is 5.69 Å². The quantitative estimate of drug-likeness (QED) is 0.483. The summed E-state index contributed by atoms with van der Waals surface area (Å²) in [4.78, 5) is 11.3. The van der Waals surface area contributed by atoms with Crippen molar-refractivity contribution in [3.05, 3.63) is 36.2 Å². The summed E-state index contributed by atoms with van der Waals surface area (Å²) >= 11 is 0. The van der Waals surface area contributed by atoms with Gasteiger partial charge in [-0.25, -0.2) is 0 Å². The predicted molar refractivity (Wildman–Crippen MR) is 63.5 cm³/mol. The van der Waals surface area contributed by atoms with Gasteiger partial charge in [-0.1, -0.05) is 6.92 Å². The van der Waals surface area contributed by atoms with E-state index in [2.05, 4.69) is 10.2 Å². The molecule has 0 aliphatic rings. The maximum Gasteiger partial charge on any atom is 0.185 e. The van der Waals surface area contributed by atoms with Gasteiger partial charge in [0.05, 0.1) is 12.8 Å². The summed E-state index contributed by atoms with van der Waals surface area (Å²) in [6.07, 6.45) is 0.937. The van der Waals surface area contributed by atoms with E-state index in [-0.39, 0.29) is 17.9 Å². The smallest absolute Gasteiger partial charge is 0.185 e. The highest BCUT2D eigenvalue weighted by molar-refractivity contribution is 5.94. The normalized spacial score (nSPS) is 11.8. The third-order valence-corrected chi connectivity index (χ3v) is 2.07. The zero-order valence-corrected chi connectivity index (χ0v) is 9.75. The number of ketones is 1. The minimum absolute atomic E-state index is 0.0525. The molecule has 17 heavy (non-hydrogen) atoms. The van der Waals surface area contributed by atoms with Crippen LogP contribution in [0.2, 0.25) is 0 Å². The van der Waals surface area contributed by atoms with Crippen LogP contribution >= 0.6 is 0 Å². The zero-order valence-electron chi connectivity index (χ0n) is 9.75. The lowest BCUT2D eigenvalue weighted by molar-refractivity contribution is -0.115. The van der Waals surface area contributed by atoms with Crippen LogP contribution in [-0.2, 0) is 4.79 Å². The molecule has 0 bridgehead atoms. The molecule has 5 nitrogen and oxygen atoms in total. The number of aliphatic hydroxyl groups excluding tert-OH is 1. The lowest BCUT2D eigenvalue weighted by Gasteiger charge is -1.98. The van der Waals surface area contributed by atoms with Crippen LogP contribution in [0.5, 0.6) is 5.75 Å². The number of ether oxygens (including phenoxy) is 1. The minimum atomic E-state index is -0.259. The van der Waals surface area contributed by atoms with Crippen molar-refractivity contribution >= 4 is 11.5 Å². The lowest BCUT2D eigenvalue weighted by Crippen LogP contribution is -1.97. The second-order valence-electron chi connectivity index (χ2n) is 3.19. The molecule has 1 N–H and O–H groups in total. The number of hydrogen-bond donors (Lipinski definition) is 1. The molecule has 0 fully saturated rings. The minimum Gasteiger partial charge on any atom is -0.513 e. The Bertz CT molecular complexity index is 436. The van der Waals surface area contributed by atoms with E-state index in [0.29, 0.717) is 17.7 Å². The maximum absolute atomic E-state index is 11.3. The van der Waals surface area contributed by atoms with E-state index in [1.165, 1.54) is 0 Å². The third kappa shape index (κ3) is 3.71. The molecule has 0 aromatic heterocycles. The van der Waals surface area contributed by atoms with E-state index in [4.69, 9.17) is 9.84 Å². The van der Waals surface area contributed by atoms with Crippen LogP contribution in [0.1, 0.15) is 13.3 Å². The van der Waals surface area contributed by atoms with Crippen molar-refractivity contribution in [3.8, 4) is 5.75 Å². The Kier molecular flexibility index (Phi) is 4.87. The molecule has 1 aromatic rings. The van der Waals surface area contributed by atoms with Crippen molar-refractivity contribution in [3.63, 3.8) is 0 Å². The highest BCUT2D eigenvalue weighted by Crippen LogP contribution is 2.18. The molecule has 1 aromatic carbocycles. The summed E-state index contributed by atoms with van der Waals surface area (Å²) in [5.41, 5.74) is 0.525. The fraction of sp³-hybridized carbons (Fsp3) is 0.250. The average Bonchev–Trinajstić information content (AvgIpc) is 2.39. The predicted octanol–water partition coefficient (Wildman–Crippen LogP) is 3.16. The summed E-state index contributed by atoms with van der Waals surface area (Å²) in [6.45, 7) is 1.69. The number of benzene rings is 1. The number of hydrogen-bond acceptors (Lipinski definition) is 5. The molecule has 5 heteroatoms. The van der Waals surface area contributed by atoms with Crippen molar-refractivity contribution in [2.75, 3.05) is 7.11 Å². The summed E-state index contributed by atoms with van der Waals surface area (Å²) in [5, 5.41) is 16.4. The van der Waals surface area contributed by atoms with Crippen LogP contribution in [-0.4, -0.2) is 18.0 Å². The summed E-state index contributed by atoms with van der Waals surface area (Å²) < 4.78 is 4.99. The highest BCUT2D eigenvalue weighted by atomic mass is 16.5. The van der Waals surface area contributed by atoms with Crippen molar-refractivity contribution in [1.82, 2.24) is 0 Å². The van der Waals surface area contributed by atoms with Crippen LogP contribution in [0, 0.1) is 0 Å². The second kappa shape index (κ2) is 6.42. The topological polar surface area (TPSA) is 71.2 Å². The number of carbonyl (C=O) groups excluding carboxylic acids is 1. The van der Waals surface area contributed by atoms with Crippen molar-refractivity contribution in [2.24, 2.45) is 10.2 Å². The Morgan fingerprint density at radius 1 is 1.41 bits per heavy atom. The second-order valence-corrected chi connectivity index (χ2v) is 3.19. The Morgan fingerprint density at radius 3 is 2.53 bits per heavy atom. The number of azo groups is 1. The Morgan fingerprint density at radius 2 is 2.06 bits per heavy atom. The van der Waals surface area contributed by atoms with E-state index >= 15 is 0 Å². The van der Waals surface area contributed by atoms with Gasteiger partial charge in [0.15, 0.2) is 11.5 Å². The largest absolute Gasteiger partial charge is 0.513 e. The molecule has 0 saturated heterocycles. The van der Waals surface area contributed by atoms with Gasteiger partial charge >= 0.3 is 0 Å². The zero-order chi connectivity index (χ0) is 12.7. The molecular formula is C12H14N2O3. The van der Waals surface area contributed by atoms with Gasteiger partial charge in [0.25, 0.3) is 0 Å². The number of methoxy groups -OCH3 is 1. The Hall–Kier alpha value is -2.17. The number of aliphatic hydroxyl groups is 1. The molecule has 1 rings (SSSR count). The van der Waals surface area contributed by atoms with E-state index in [9.17, 15) is 4.79 Å². The fourth-order valence-corrected chi connectivity index (χ4v) is 1.10. The molecule has 0 aliphatic heterocycles. The van der Waals surface area contributed by atoms with Crippen LogP contribution in [0.25, 0.3) is 0 Å². The molecule has 0 spiro atoms. The average molecular weight is 234 g/mol. The van der Waals surface area contributed by atoms with Gasteiger partial charge in [-0.05, 0) is 24.3 Å². The van der Waals surface area contributed by atoms with E-state index < -0.39 is 0 Å². The van der Waals surface area contributed by atoms with Crippen LogP contribution < -0.4 is 4.74 Å². The van der Waals surface area contributed by atoms with E-state index in [1.54, 1.807) is 38.3 Å². The van der Waals surface area contributed by atoms with Gasteiger partial charge in [-0.3, -0.25) is 4.79 Å². The van der Waals surface area contributed by atoms with Gasteiger partial charge < -0.3 is 9.84 Å². The number of carbonyl (C=O) groups is 1. The molecule has 0 heterocycles. The molecule has 0 aliphatic carbocycles. The van der Waals surface area contributed by atoms with Crippen molar-refractivity contribution in [1.29, 1.82) is 0 Å². The summed E-state index contributed by atoms with van der Waals surface area (Å²) in [5.74, 6) is 0.455. The molecule has 0 amide bonds. The maximum atomic E-state index is 11.3. The van der Waals surface area contributed by atoms with Gasteiger partial charge in [-0.15, -0.1) is 5.11 Å². The third-order valence-electron chi connectivity index (χ3n) is 2.07. The van der Waals surface area contributed by atoms with Crippen LogP contribution in [0.15, 0.2) is 46.5 Å². The summed E-state index contributed by atoms with van der Waals surface area (Å²) in [7, 11) is 1.57. The first kappa shape index (κ1) is 12.9. The van der Waals surface area contributed by atoms with Gasteiger partial charge in [0.1, 0.15) is 12.0 Å². The van der Waals surface area contributed by atoms with Crippen molar-refractivity contribution in [2.45, 2.75) is 13.3 Å². The Balaban J connectivity index is 2.78. The Labute approximate surface area is 99.4 Å². The highest BCUT2D eigenvalue weighted by Gasteiger charge is 2.05. The molecule has 0 radical (unpaired) electrons.